The lowest BCUT2D eigenvalue weighted by Gasteiger charge is -2.61. The van der Waals surface area contributed by atoms with Gasteiger partial charge in [0, 0.05) is 53.3 Å². The predicted octanol–water partition coefficient (Wildman–Crippen LogP) is 13.1. The largest absolute Gasteiger partial charge is 0.456 e. The lowest BCUT2D eigenvalue weighted by molar-refractivity contribution is -0.0399. The highest BCUT2D eigenvalue weighted by Crippen LogP contribution is 2.70. The van der Waals surface area contributed by atoms with Crippen LogP contribution >= 0.6 is 11.3 Å². The van der Waals surface area contributed by atoms with Crippen molar-refractivity contribution < 1.29 is 4.42 Å². The molecule has 0 saturated heterocycles. The Morgan fingerprint density at radius 1 is 0.531 bits per heavy atom. The van der Waals surface area contributed by atoms with Crippen LogP contribution in [0.15, 0.2) is 132 Å². The highest BCUT2D eigenvalue weighted by atomic mass is 32.1. The van der Waals surface area contributed by atoms with Crippen molar-refractivity contribution in [3.8, 4) is 11.1 Å². The number of hydrogen-bond donors (Lipinski definition) is 0. The van der Waals surface area contributed by atoms with E-state index in [4.69, 9.17) is 4.42 Å². The summed E-state index contributed by atoms with van der Waals surface area (Å²) in [7, 11) is 0. The van der Waals surface area contributed by atoms with Crippen LogP contribution in [0.3, 0.4) is 0 Å². The molecule has 236 valence electrons. The smallest absolute Gasteiger partial charge is 0.135 e. The third-order valence-electron chi connectivity index (χ3n) is 13.0. The number of thiophene rings is 1. The minimum atomic E-state index is 0.126. The normalized spacial score (nSPS) is 24.8. The number of anilines is 3. The number of benzene rings is 6. The zero-order valence-electron chi connectivity index (χ0n) is 27.2. The molecule has 0 amide bonds. The highest BCUT2D eigenvalue weighted by Gasteiger charge is 2.61. The van der Waals surface area contributed by atoms with Gasteiger partial charge < -0.3 is 9.32 Å². The number of nitrogens with zero attached hydrogens (tertiary/aromatic N) is 1. The summed E-state index contributed by atoms with van der Waals surface area (Å²) in [4.78, 5) is 2.55. The van der Waals surface area contributed by atoms with Gasteiger partial charge in [-0.1, -0.05) is 78.9 Å². The molecule has 4 fully saturated rings. The van der Waals surface area contributed by atoms with Crippen LogP contribution in [0.25, 0.3) is 53.2 Å². The Bertz CT molecular complexity index is 2630. The zero-order chi connectivity index (χ0) is 31.8. The molecule has 3 heteroatoms. The molecule has 0 aliphatic heterocycles. The maximum absolute atomic E-state index is 6.32. The third-order valence-corrected chi connectivity index (χ3v) is 14.2. The zero-order valence-corrected chi connectivity index (χ0v) is 28.0. The van der Waals surface area contributed by atoms with Gasteiger partial charge in [0.15, 0.2) is 0 Å². The molecule has 2 nitrogen and oxygen atoms in total. The number of hydrogen-bond acceptors (Lipinski definition) is 3. The number of furan rings is 1. The van der Waals surface area contributed by atoms with Crippen LogP contribution in [0.1, 0.15) is 43.2 Å². The molecule has 0 radical (unpaired) electrons. The quantitative estimate of drug-likeness (QED) is 0.189. The maximum Gasteiger partial charge on any atom is 0.135 e. The van der Waals surface area contributed by atoms with Gasteiger partial charge in [-0.3, -0.25) is 0 Å². The van der Waals surface area contributed by atoms with E-state index >= 15 is 0 Å². The van der Waals surface area contributed by atoms with E-state index in [0.29, 0.717) is 0 Å². The molecule has 6 aromatic carbocycles. The molecule has 8 aromatic rings. The molecule has 0 unspecified atom stereocenters. The summed E-state index contributed by atoms with van der Waals surface area (Å²) in [6.45, 7) is 0. The van der Waals surface area contributed by atoms with E-state index in [1.807, 2.05) is 11.3 Å². The molecular weight excluding hydrogens is 615 g/mol. The van der Waals surface area contributed by atoms with E-state index < -0.39 is 0 Å². The Hall–Kier alpha value is -4.86. The standard InChI is InChI=1S/C46H35NOS/c1-4-11-38-36(10-1)45-39(46(38)29-21-27-20-28(23-29)24-30(46)22-27)12-7-13-40(45)47(31-17-19-42-37(25-31)33-8-2-5-14-41(33)48-42)32-16-18-35-34-9-3-6-15-43(34)49-44(35)26-32/h1-19,25-30H,20-24H2. The van der Waals surface area contributed by atoms with Crippen LogP contribution < -0.4 is 4.90 Å². The lowest BCUT2D eigenvalue weighted by Crippen LogP contribution is -2.55. The van der Waals surface area contributed by atoms with Gasteiger partial charge in [0.05, 0.1) is 5.69 Å². The molecule has 13 rings (SSSR count). The molecule has 2 heterocycles. The Balaban J connectivity index is 1.14. The molecule has 5 aliphatic rings. The maximum atomic E-state index is 6.32. The van der Waals surface area contributed by atoms with Crippen molar-refractivity contribution in [1.29, 1.82) is 0 Å². The van der Waals surface area contributed by atoms with Gasteiger partial charge >= 0.3 is 0 Å². The fourth-order valence-corrected chi connectivity index (χ4v) is 12.6. The Kier molecular flexibility index (Phi) is 5.32. The predicted molar refractivity (Wildman–Crippen MR) is 205 cm³/mol. The molecule has 0 N–H and O–H groups in total. The molecule has 49 heavy (non-hydrogen) atoms. The fourth-order valence-electron chi connectivity index (χ4n) is 11.5. The summed E-state index contributed by atoms with van der Waals surface area (Å²) in [5, 5.41) is 4.99. The van der Waals surface area contributed by atoms with Gasteiger partial charge in [-0.25, -0.2) is 0 Å². The molecule has 4 saturated carbocycles. The number of para-hydroxylation sites is 1. The first kappa shape index (κ1) is 27.0. The molecule has 0 atom stereocenters. The van der Waals surface area contributed by atoms with Gasteiger partial charge in [0.1, 0.15) is 11.2 Å². The van der Waals surface area contributed by atoms with Crippen LogP contribution in [0.2, 0.25) is 0 Å². The minimum absolute atomic E-state index is 0.126. The fraction of sp³-hybridized carbons (Fsp3) is 0.217. The summed E-state index contributed by atoms with van der Waals surface area (Å²) < 4.78 is 8.99. The molecular formula is C46H35NOS. The Labute approximate surface area is 289 Å². The minimum Gasteiger partial charge on any atom is -0.456 e. The first-order chi connectivity index (χ1) is 24.2. The van der Waals surface area contributed by atoms with E-state index in [1.165, 1.54) is 74.8 Å². The second-order valence-corrected chi connectivity index (χ2v) is 16.4. The molecule has 5 aliphatic carbocycles. The van der Waals surface area contributed by atoms with Crippen molar-refractivity contribution in [3.63, 3.8) is 0 Å². The second kappa shape index (κ2) is 9.64. The summed E-state index contributed by atoms with van der Waals surface area (Å²) in [6.07, 6.45) is 7.03. The van der Waals surface area contributed by atoms with Crippen LogP contribution in [-0.2, 0) is 5.41 Å². The van der Waals surface area contributed by atoms with E-state index in [9.17, 15) is 0 Å². The van der Waals surface area contributed by atoms with E-state index in [1.54, 1.807) is 11.1 Å². The van der Waals surface area contributed by atoms with Gasteiger partial charge in [-0.05, 0) is 121 Å². The average molecular weight is 650 g/mol. The van der Waals surface area contributed by atoms with Crippen molar-refractivity contribution in [2.24, 2.45) is 23.7 Å². The second-order valence-electron chi connectivity index (χ2n) is 15.3. The Morgan fingerprint density at radius 2 is 1.20 bits per heavy atom. The van der Waals surface area contributed by atoms with E-state index in [2.05, 4.69) is 132 Å². The van der Waals surface area contributed by atoms with Crippen molar-refractivity contribution in [3.05, 3.63) is 139 Å². The molecule has 1 spiro atoms. The van der Waals surface area contributed by atoms with Crippen molar-refractivity contribution in [2.75, 3.05) is 4.90 Å². The van der Waals surface area contributed by atoms with E-state index in [0.717, 1.165) is 51.3 Å². The summed E-state index contributed by atoms with van der Waals surface area (Å²) >= 11 is 1.89. The van der Waals surface area contributed by atoms with Gasteiger partial charge in [-0.15, -0.1) is 11.3 Å². The van der Waals surface area contributed by atoms with E-state index in [-0.39, 0.29) is 5.41 Å². The number of fused-ring (bicyclic) bond motifs is 9. The third kappa shape index (κ3) is 3.51. The Morgan fingerprint density at radius 3 is 2.08 bits per heavy atom. The van der Waals surface area contributed by atoms with Gasteiger partial charge in [-0.2, -0.15) is 0 Å². The highest BCUT2D eigenvalue weighted by molar-refractivity contribution is 7.25. The van der Waals surface area contributed by atoms with Crippen molar-refractivity contribution in [2.45, 2.75) is 37.5 Å². The summed E-state index contributed by atoms with van der Waals surface area (Å²) in [5.41, 5.74) is 11.7. The summed E-state index contributed by atoms with van der Waals surface area (Å²) in [5.74, 6) is 3.32. The summed E-state index contributed by atoms with van der Waals surface area (Å²) in [6, 6.07) is 47.9. The monoisotopic (exact) mass is 649 g/mol. The van der Waals surface area contributed by atoms with Gasteiger partial charge in [0.25, 0.3) is 0 Å². The van der Waals surface area contributed by atoms with Crippen LogP contribution in [0.5, 0.6) is 0 Å². The SMILES string of the molecule is c1ccc2c(c1)-c1c(N(c3ccc4c(c3)sc3ccccc34)c3ccc4oc5ccccc5c4c3)cccc1C21C2CC3CC(C2)CC1C3. The van der Waals surface area contributed by atoms with Crippen LogP contribution in [0.4, 0.5) is 17.1 Å². The molecule has 4 bridgehead atoms. The van der Waals surface area contributed by atoms with Crippen LogP contribution in [-0.4, -0.2) is 0 Å². The van der Waals surface area contributed by atoms with Gasteiger partial charge in [0.2, 0.25) is 0 Å². The van der Waals surface area contributed by atoms with Crippen LogP contribution in [0, 0.1) is 23.7 Å². The van der Waals surface area contributed by atoms with Crippen molar-refractivity contribution in [1.82, 2.24) is 0 Å². The first-order valence-corrected chi connectivity index (χ1v) is 18.9. The average Bonchev–Trinajstić information content (AvgIpc) is 3.79. The first-order valence-electron chi connectivity index (χ1n) is 18.1. The lowest BCUT2D eigenvalue weighted by atomic mass is 9.43. The topological polar surface area (TPSA) is 16.4 Å². The van der Waals surface area contributed by atoms with Crippen molar-refractivity contribution >= 4 is 70.5 Å². The molecule has 2 aromatic heterocycles. The number of rotatable bonds is 3.